The molecule has 2 atom stereocenters. The molecule has 2 aliphatic heterocycles. The van der Waals surface area contributed by atoms with E-state index in [4.69, 9.17) is 15.1 Å². The van der Waals surface area contributed by atoms with Crippen molar-refractivity contribution in [2.75, 3.05) is 13.1 Å². The molecule has 31 heavy (non-hydrogen) atoms. The minimum absolute atomic E-state index is 0.0280. The molecule has 166 valence electrons. The number of aromatic nitrogens is 2. The quantitative estimate of drug-likeness (QED) is 0.409. The molecule has 2 aromatic rings. The van der Waals surface area contributed by atoms with Crippen molar-refractivity contribution >= 4 is 18.6 Å². The summed E-state index contributed by atoms with van der Waals surface area (Å²) in [6.45, 7) is 0.610. The SMILES string of the molecule is C[C@H]1C[B-](O)(O)Oc2c1ccc(OC1CN(C(=O)C(C)(N)c3c[nH]cn3)C1)c2C(=O)O. The number of benzene rings is 1. The third-order valence-corrected chi connectivity index (χ3v) is 5.77. The maximum Gasteiger partial charge on any atom is 0.431 e. The van der Waals surface area contributed by atoms with Crippen molar-refractivity contribution in [1.29, 1.82) is 0 Å². The van der Waals surface area contributed by atoms with Crippen LogP contribution in [0.2, 0.25) is 6.32 Å². The van der Waals surface area contributed by atoms with E-state index < -0.39 is 24.4 Å². The number of carboxylic acids is 1. The van der Waals surface area contributed by atoms with Gasteiger partial charge < -0.3 is 40.2 Å². The van der Waals surface area contributed by atoms with Gasteiger partial charge in [-0.25, -0.2) is 9.78 Å². The first-order valence-electron chi connectivity index (χ1n) is 9.93. The van der Waals surface area contributed by atoms with Crippen LogP contribution in [0.25, 0.3) is 0 Å². The monoisotopic (exact) mass is 431 g/mol. The van der Waals surface area contributed by atoms with E-state index in [1.165, 1.54) is 17.3 Å². The molecule has 1 saturated heterocycles. The molecule has 1 fully saturated rings. The number of nitrogens with two attached hydrogens (primary N) is 1. The van der Waals surface area contributed by atoms with E-state index in [0.29, 0.717) is 11.3 Å². The smallest absolute Gasteiger partial charge is 0.431 e. The number of carbonyl (C=O) groups is 2. The van der Waals surface area contributed by atoms with Crippen LogP contribution in [0.4, 0.5) is 0 Å². The molecule has 6 N–H and O–H groups in total. The maximum absolute atomic E-state index is 12.7. The molecule has 0 saturated carbocycles. The van der Waals surface area contributed by atoms with Crippen molar-refractivity contribution in [3.05, 3.63) is 41.5 Å². The number of amides is 1. The van der Waals surface area contributed by atoms with Crippen LogP contribution >= 0.6 is 0 Å². The second-order valence-electron chi connectivity index (χ2n) is 8.38. The number of fused-ring (bicyclic) bond motifs is 1. The number of nitrogens with zero attached hydrogens (tertiary/aromatic N) is 2. The van der Waals surface area contributed by atoms with E-state index in [9.17, 15) is 24.7 Å². The molecule has 4 rings (SSSR count). The van der Waals surface area contributed by atoms with E-state index in [0.717, 1.165) is 0 Å². The number of likely N-dealkylation sites (tertiary alicyclic amines) is 1. The van der Waals surface area contributed by atoms with E-state index in [1.54, 1.807) is 26.1 Å². The van der Waals surface area contributed by atoms with Gasteiger partial charge in [-0.1, -0.05) is 19.3 Å². The van der Waals surface area contributed by atoms with Crippen LogP contribution in [0.15, 0.2) is 24.7 Å². The number of nitrogens with one attached hydrogen (secondary N) is 1. The third-order valence-electron chi connectivity index (χ3n) is 5.77. The summed E-state index contributed by atoms with van der Waals surface area (Å²) >= 11 is 0. The Labute approximate surface area is 177 Å². The zero-order valence-corrected chi connectivity index (χ0v) is 17.1. The van der Waals surface area contributed by atoms with Gasteiger partial charge in [-0.05, 0) is 24.5 Å². The Morgan fingerprint density at radius 3 is 2.71 bits per heavy atom. The molecular weight excluding hydrogens is 407 g/mol. The molecule has 2 aliphatic rings. The first kappa shape index (κ1) is 21.2. The Morgan fingerprint density at radius 2 is 2.10 bits per heavy atom. The van der Waals surface area contributed by atoms with Crippen molar-refractivity contribution in [3.8, 4) is 11.5 Å². The van der Waals surface area contributed by atoms with Gasteiger partial charge in [-0.2, -0.15) is 0 Å². The largest absolute Gasteiger partial charge is 0.669 e. The summed E-state index contributed by atoms with van der Waals surface area (Å²) in [6, 6.07) is 3.18. The summed E-state index contributed by atoms with van der Waals surface area (Å²) in [7, 11) is 0. The number of imidazole rings is 1. The molecular formula is C19H24BN4O7-. The van der Waals surface area contributed by atoms with Crippen molar-refractivity contribution in [1.82, 2.24) is 14.9 Å². The normalized spacial score (nSPS) is 22.0. The molecule has 0 bridgehead atoms. The Hall–Kier alpha value is -3.09. The molecule has 0 spiro atoms. The minimum Gasteiger partial charge on any atom is -0.669 e. The second kappa shape index (κ2) is 7.25. The van der Waals surface area contributed by atoms with E-state index in [-0.39, 0.29) is 48.3 Å². The lowest BCUT2D eigenvalue weighted by Gasteiger charge is -2.43. The van der Waals surface area contributed by atoms with Gasteiger partial charge in [-0.15, -0.1) is 0 Å². The Bertz CT molecular complexity index is 1020. The predicted octanol–water partition coefficient (Wildman–Crippen LogP) is -0.00900. The van der Waals surface area contributed by atoms with Crippen LogP contribution in [0.5, 0.6) is 11.5 Å². The van der Waals surface area contributed by atoms with E-state index in [1.807, 2.05) is 0 Å². The molecule has 1 aromatic carbocycles. The molecule has 1 aromatic heterocycles. The fraction of sp³-hybridized carbons (Fsp3) is 0.421. The van der Waals surface area contributed by atoms with Crippen molar-refractivity contribution < 1.29 is 34.1 Å². The predicted molar refractivity (Wildman–Crippen MR) is 109 cm³/mol. The van der Waals surface area contributed by atoms with Gasteiger partial charge >= 0.3 is 12.7 Å². The fourth-order valence-electron chi connectivity index (χ4n) is 4.06. The van der Waals surface area contributed by atoms with Crippen molar-refractivity contribution in [3.63, 3.8) is 0 Å². The number of aromatic amines is 1. The maximum atomic E-state index is 12.7. The topological polar surface area (TPSA) is 171 Å². The van der Waals surface area contributed by atoms with Crippen LogP contribution in [-0.2, 0) is 10.3 Å². The van der Waals surface area contributed by atoms with Gasteiger partial charge in [0.1, 0.15) is 23.0 Å². The molecule has 11 nitrogen and oxygen atoms in total. The van der Waals surface area contributed by atoms with Gasteiger partial charge in [-0.3, -0.25) is 4.79 Å². The number of hydrogen-bond donors (Lipinski definition) is 5. The molecule has 0 aliphatic carbocycles. The Balaban J connectivity index is 1.50. The summed E-state index contributed by atoms with van der Waals surface area (Å²) in [4.78, 5) is 33.0. The molecule has 3 heterocycles. The summed E-state index contributed by atoms with van der Waals surface area (Å²) in [5.74, 6) is -2.01. The minimum atomic E-state index is -3.16. The number of hydrogen-bond acceptors (Lipinski definition) is 8. The van der Waals surface area contributed by atoms with Crippen LogP contribution in [0, 0.1) is 0 Å². The van der Waals surface area contributed by atoms with Gasteiger partial charge in [0.2, 0.25) is 5.91 Å². The Kier molecular flexibility index (Phi) is 4.95. The first-order chi connectivity index (χ1) is 14.5. The van der Waals surface area contributed by atoms with Gasteiger partial charge in [0.15, 0.2) is 0 Å². The van der Waals surface area contributed by atoms with Gasteiger partial charge in [0, 0.05) is 6.20 Å². The third kappa shape index (κ3) is 3.73. The lowest BCUT2D eigenvalue weighted by atomic mass is 9.65. The summed E-state index contributed by atoms with van der Waals surface area (Å²) in [5.41, 5.74) is 5.55. The number of rotatable bonds is 5. The van der Waals surface area contributed by atoms with Gasteiger partial charge in [0.05, 0.1) is 30.9 Å². The van der Waals surface area contributed by atoms with Gasteiger partial charge in [0.25, 0.3) is 0 Å². The highest BCUT2D eigenvalue weighted by molar-refractivity contribution is 6.59. The number of carboxylic acid groups (broad SMARTS) is 1. The van der Waals surface area contributed by atoms with Crippen LogP contribution in [0.1, 0.15) is 41.4 Å². The van der Waals surface area contributed by atoms with E-state index in [2.05, 4.69) is 9.97 Å². The summed E-state index contributed by atoms with van der Waals surface area (Å²) in [5, 5.41) is 29.7. The molecule has 1 amide bonds. The lowest BCUT2D eigenvalue weighted by Crippen LogP contribution is -2.62. The average molecular weight is 431 g/mol. The molecule has 0 radical (unpaired) electrons. The summed E-state index contributed by atoms with van der Waals surface area (Å²) < 4.78 is 11.0. The van der Waals surface area contributed by atoms with Crippen molar-refractivity contribution in [2.24, 2.45) is 5.73 Å². The highest BCUT2D eigenvalue weighted by Gasteiger charge is 2.43. The number of carbonyl (C=O) groups excluding carboxylic acids is 1. The number of ether oxygens (including phenoxy) is 1. The fourth-order valence-corrected chi connectivity index (χ4v) is 4.06. The number of aromatic carboxylic acids is 1. The highest BCUT2D eigenvalue weighted by atomic mass is 16.6. The second-order valence-corrected chi connectivity index (χ2v) is 8.38. The summed E-state index contributed by atoms with van der Waals surface area (Å²) in [6.07, 6.45) is 2.52. The zero-order chi connectivity index (χ0) is 22.6. The molecule has 12 heteroatoms. The van der Waals surface area contributed by atoms with Crippen LogP contribution in [0.3, 0.4) is 0 Å². The lowest BCUT2D eigenvalue weighted by molar-refractivity contribution is -0.145. The first-order valence-corrected chi connectivity index (χ1v) is 9.93. The Morgan fingerprint density at radius 1 is 1.39 bits per heavy atom. The van der Waals surface area contributed by atoms with Crippen LogP contribution in [-0.4, -0.2) is 67.8 Å². The van der Waals surface area contributed by atoms with Crippen LogP contribution < -0.4 is 15.1 Å². The average Bonchev–Trinajstić information content (AvgIpc) is 3.17. The standard InChI is InChI=1S/C19H24BN4O7/c1-10-5-20(28,29)31-16-12(10)3-4-13(15(16)17(25)26)30-11-7-24(8-11)18(27)19(2,21)14-6-22-9-23-14/h3-4,6,9-11,28-29H,5,7-8,21H2,1-2H3,(H,22,23)(H,25,26)/q-1/t10-,19?/m0/s1. The van der Waals surface area contributed by atoms with E-state index >= 15 is 0 Å². The number of H-pyrrole nitrogens is 1. The zero-order valence-electron chi connectivity index (χ0n) is 17.1. The molecule has 1 unspecified atom stereocenters. The van der Waals surface area contributed by atoms with Crippen molar-refractivity contribution in [2.45, 2.75) is 37.7 Å². The highest BCUT2D eigenvalue weighted by Crippen LogP contribution is 2.44.